The van der Waals surface area contributed by atoms with Crippen LogP contribution in [0, 0.1) is 13.8 Å². The van der Waals surface area contributed by atoms with Gasteiger partial charge in [-0.2, -0.15) is 0 Å². The second-order valence-corrected chi connectivity index (χ2v) is 12.6. The zero-order valence-corrected chi connectivity index (χ0v) is 24.9. The molecule has 1 aromatic heterocycles. The summed E-state index contributed by atoms with van der Waals surface area (Å²) >= 11 is 0. The molecule has 0 aliphatic rings. The molecule has 0 N–H and O–H groups in total. The van der Waals surface area contributed by atoms with Gasteiger partial charge in [-0.1, -0.05) is 110 Å². The molecule has 0 aliphatic heterocycles. The maximum atomic E-state index is 9.87. The number of unbranched alkanes of at least 4 members (excludes halogenated alkanes) is 16. The quantitative estimate of drug-likeness (QED) is 0.0645. The van der Waals surface area contributed by atoms with Gasteiger partial charge in [0.1, 0.15) is 6.54 Å². The Labute approximate surface area is 223 Å². The van der Waals surface area contributed by atoms with E-state index in [9.17, 15) is 25.2 Å². The van der Waals surface area contributed by atoms with E-state index in [0.717, 1.165) is 0 Å². The molecule has 0 unspecified atom stereocenters. The van der Waals surface area contributed by atoms with Gasteiger partial charge in [-0.3, -0.25) is 0 Å². The van der Waals surface area contributed by atoms with Crippen molar-refractivity contribution >= 4 is 7.81 Å². The molecular weight excluding hydrogens is 507 g/mol. The molecular formula is C29H54F6NP. The minimum absolute atomic E-state index is 1.22. The van der Waals surface area contributed by atoms with Crippen LogP contribution in [0.3, 0.4) is 0 Å². The van der Waals surface area contributed by atoms with E-state index < -0.39 is 7.81 Å². The van der Waals surface area contributed by atoms with Gasteiger partial charge in [0.25, 0.3) is 0 Å². The summed E-state index contributed by atoms with van der Waals surface area (Å²) in [5, 5.41) is 0. The van der Waals surface area contributed by atoms with E-state index in [1.807, 2.05) is 0 Å². The van der Waals surface area contributed by atoms with Crippen molar-refractivity contribution in [3.63, 3.8) is 0 Å². The van der Waals surface area contributed by atoms with Crippen LogP contribution >= 0.6 is 7.81 Å². The summed E-state index contributed by atoms with van der Waals surface area (Å²) < 4.78 is 61.8. The van der Waals surface area contributed by atoms with Crippen LogP contribution in [-0.4, -0.2) is 0 Å². The van der Waals surface area contributed by atoms with Crippen LogP contribution in [0.4, 0.5) is 25.2 Å². The third-order valence-electron chi connectivity index (χ3n) is 6.63. The molecule has 0 atom stereocenters. The van der Waals surface area contributed by atoms with Gasteiger partial charge >= 0.3 is 33.0 Å². The topological polar surface area (TPSA) is 3.88 Å². The van der Waals surface area contributed by atoms with Gasteiger partial charge in [0.2, 0.25) is 0 Å². The van der Waals surface area contributed by atoms with Gasteiger partial charge in [-0.25, -0.2) is 4.57 Å². The zero-order valence-electron chi connectivity index (χ0n) is 24.0. The Hall–Kier alpha value is -0.840. The summed E-state index contributed by atoms with van der Waals surface area (Å²) in [4.78, 5) is 0. The molecule has 0 saturated carbocycles. The van der Waals surface area contributed by atoms with Gasteiger partial charge in [-0.15, -0.1) is 0 Å². The predicted molar refractivity (Wildman–Crippen MR) is 148 cm³/mol. The Morgan fingerprint density at radius 3 is 1.30 bits per heavy atom. The summed E-state index contributed by atoms with van der Waals surface area (Å²) in [5.74, 6) is 0. The molecule has 0 spiro atoms. The van der Waals surface area contributed by atoms with Gasteiger partial charge in [0.15, 0.2) is 11.4 Å². The van der Waals surface area contributed by atoms with Crippen LogP contribution in [0.15, 0.2) is 12.1 Å². The van der Waals surface area contributed by atoms with E-state index in [-0.39, 0.29) is 0 Å². The molecule has 222 valence electrons. The first kappa shape index (κ1) is 36.2. The first-order chi connectivity index (χ1) is 17.1. The number of hydrogen-bond acceptors (Lipinski definition) is 0. The molecule has 8 heteroatoms. The van der Waals surface area contributed by atoms with Crippen molar-refractivity contribution in [3.05, 3.63) is 29.1 Å². The Bertz CT molecular complexity index is 708. The summed E-state index contributed by atoms with van der Waals surface area (Å²) in [6.45, 7) is 10.4. The zero-order chi connectivity index (χ0) is 28.3. The van der Waals surface area contributed by atoms with Gasteiger partial charge in [0, 0.05) is 31.9 Å². The molecule has 1 heterocycles. The Morgan fingerprint density at radius 2 is 0.892 bits per heavy atom. The van der Waals surface area contributed by atoms with Crippen LogP contribution < -0.4 is 4.57 Å². The molecule has 0 aliphatic carbocycles. The number of hydrogen-bond donors (Lipinski definition) is 0. The van der Waals surface area contributed by atoms with E-state index in [1.165, 1.54) is 140 Å². The minimum atomic E-state index is -10.7. The average Bonchev–Trinajstić information content (AvgIpc) is 2.76. The normalized spacial score (nSPS) is 13.6. The number of nitrogens with zero attached hydrogens (tertiary/aromatic N) is 1. The van der Waals surface area contributed by atoms with Crippen molar-refractivity contribution in [2.75, 3.05) is 0 Å². The molecule has 0 saturated heterocycles. The number of aryl methyl sites for hydroxylation is 3. The van der Waals surface area contributed by atoms with E-state index in [1.54, 1.807) is 5.69 Å². The van der Waals surface area contributed by atoms with Crippen LogP contribution in [0.2, 0.25) is 0 Å². The molecule has 0 amide bonds. The van der Waals surface area contributed by atoms with Crippen LogP contribution in [0.1, 0.15) is 146 Å². The van der Waals surface area contributed by atoms with Crippen molar-refractivity contribution in [3.8, 4) is 0 Å². The third-order valence-corrected chi connectivity index (χ3v) is 6.63. The molecule has 0 fully saturated rings. The second kappa shape index (κ2) is 17.7. The fourth-order valence-electron chi connectivity index (χ4n) is 4.74. The number of aromatic nitrogens is 1. The fourth-order valence-corrected chi connectivity index (χ4v) is 4.74. The van der Waals surface area contributed by atoms with Gasteiger partial charge in [0.05, 0.1) is 0 Å². The summed E-state index contributed by atoms with van der Waals surface area (Å²) in [6, 6.07) is 4.82. The molecule has 0 radical (unpaired) electrons. The average molecular weight is 562 g/mol. The number of pyridine rings is 1. The van der Waals surface area contributed by atoms with Crippen LogP contribution in [-0.2, 0) is 13.0 Å². The molecule has 1 rings (SSSR count). The molecule has 0 aromatic carbocycles. The van der Waals surface area contributed by atoms with Crippen LogP contribution in [0.5, 0.6) is 0 Å². The Balaban J connectivity index is 0.00000161. The van der Waals surface area contributed by atoms with E-state index in [0.29, 0.717) is 0 Å². The second-order valence-electron chi connectivity index (χ2n) is 10.7. The monoisotopic (exact) mass is 561 g/mol. The van der Waals surface area contributed by atoms with Gasteiger partial charge in [-0.05, 0) is 25.3 Å². The van der Waals surface area contributed by atoms with Gasteiger partial charge < -0.3 is 0 Å². The number of rotatable bonds is 20. The first-order valence-corrected chi connectivity index (χ1v) is 16.7. The summed E-state index contributed by atoms with van der Waals surface area (Å²) in [7, 11) is -10.7. The maximum absolute atomic E-state index is 10.7. The summed E-state index contributed by atoms with van der Waals surface area (Å²) in [6.07, 6.45) is 26.7. The predicted octanol–water partition coefficient (Wildman–Crippen LogP) is 12.6. The Kier molecular flexibility index (Phi) is 17.3. The fraction of sp³-hybridized carbons (Fsp3) is 0.828. The van der Waals surface area contributed by atoms with Crippen molar-refractivity contribution in [2.24, 2.45) is 0 Å². The first-order valence-electron chi connectivity index (χ1n) is 14.7. The van der Waals surface area contributed by atoms with Crippen molar-refractivity contribution < 1.29 is 29.7 Å². The SMILES string of the molecule is CCCCCCCCCCCCc1cc(C)cc(C)[n+]1CCCCCCCCCC.F[P-](F)(F)(F)(F)F. The molecule has 0 bridgehead atoms. The third kappa shape index (κ3) is 28.0. The summed E-state index contributed by atoms with van der Waals surface area (Å²) in [5.41, 5.74) is 4.47. The van der Waals surface area contributed by atoms with E-state index in [4.69, 9.17) is 0 Å². The standard InChI is InChI=1S/C29H54N.F6P/c1-5-7-9-11-13-15-16-17-19-21-23-29-26-27(3)25-28(4)30(29)24-22-20-18-14-12-10-8-6-2;1-7(2,3,4,5)6/h25-26H,5-24H2,1-4H3;/q+1;-1. The van der Waals surface area contributed by atoms with E-state index in [2.05, 4.69) is 44.4 Å². The van der Waals surface area contributed by atoms with Crippen LogP contribution in [0.25, 0.3) is 0 Å². The van der Waals surface area contributed by atoms with Crippen molar-refractivity contribution in [2.45, 2.75) is 156 Å². The number of halogens is 6. The molecule has 1 aromatic rings. The van der Waals surface area contributed by atoms with Crippen molar-refractivity contribution in [1.82, 2.24) is 0 Å². The van der Waals surface area contributed by atoms with E-state index >= 15 is 0 Å². The van der Waals surface area contributed by atoms with Crippen molar-refractivity contribution in [1.29, 1.82) is 0 Å². The Morgan fingerprint density at radius 1 is 0.541 bits per heavy atom. The molecule has 37 heavy (non-hydrogen) atoms. The molecule has 1 nitrogen and oxygen atoms in total.